The number of carbonyl (C=O) groups excluding carboxylic acids is 1. The Morgan fingerprint density at radius 1 is 1.21 bits per heavy atom. The fraction of sp³-hybridized carbons (Fsp3) is 0.421. The number of aromatic nitrogens is 1. The first-order chi connectivity index (χ1) is 13.5. The van der Waals surface area contributed by atoms with Gasteiger partial charge in [-0.05, 0) is 37.8 Å². The summed E-state index contributed by atoms with van der Waals surface area (Å²) in [6, 6.07) is 6.86. The normalized spacial score (nSPS) is 23.2. The first-order valence-corrected chi connectivity index (χ1v) is 11.8. The summed E-state index contributed by atoms with van der Waals surface area (Å²) in [5.41, 5.74) is 1.70. The minimum atomic E-state index is -3.65. The van der Waals surface area contributed by atoms with Crippen molar-refractivity contribution in [2.24, 2.45) is 10.3 Å². The molecular formula is C19H20N4O3S2. The van der Waals surface area contributed by atoms with E-state index in [1.165, 1.54) is 24.2 Å². The predicted molar refractivity (Wildman–Crippen MR) is 107 cm³/mol. The Morgan fingerprint density at radius 3 is 2.86 bits per heavy atom. The van der Waals surface area contributed by atoms with Crippen LogP contribution in [0.5, 0.6) is 0 Å². The van der Waals surface area contributed by atoms with Gasteiger partial charge in [-0.1, -0.05) is 12.1 Å². The number of nitrogens with zero attached hydrogens (tertiary/aromatic N) is 3. The first kappa shape index (κ1) is 17.8. The lowest BCUT2D eigenvalue weighted by Gasteiger charge is -2.33. The van der Waals surface area contributed by atoms with Crippen LogP contribution in [-0.2, 0) is 14.8 Å². The zero-order chi connectivity index (χ0) is 19.3. The molecule has 0 radical (unpaired) electrons. The number of hydrogen-bond donors (Lipinski definition) is 1. The number of thiazole rings is 1. The number of carbonyl (C=O) groups is 1. The molecule has 7 nitrogen and oxygen atoms in total. The quantitative estimate of drug-likeness (QED) is 0.831. The van der Waals surface area contributed by atoms with Crippen molar-refractivity contribution in [2.75, 3.05) is 18.4 Å². The highest BCUT2D eigenvalue weighted by Crippen LogP contribution is 2.41. The molecule has 1 unspecified atom stereocenters. The predicted octanol–water partition coefficient (Wildman–Crippen LogP) is 2.82. The summed E-state index contributed by atoms with van der Waals surface area (Å²) >= 11 is 1.47. The van der Waals surface area contributed by atoms with E-state index in [1.54, 1.807) is 18.2 Å². The van der Waals surface area contributed by atoms with Gasteiger partial charge in [0.25, 0.3) is 10.0 Å². The third-order valence-corrected chi connectivity index (χ3v) is 7.55. The largest absolute Gasteiger partial charge is 0.355 e. The van der Waals surface area contributed by atoms with Crippen LogP contribution >= 0.6 is 11.3 Å². The van der Waals surface area contributed by atoms with Gasteiger partial charge in [-0.3, -0.25) is 4.79 Å². The van der Waals surface area contributed by atoms with Crippen molar-refractivity contribution in [3.8, 4) is 0 Å². The molecule has 1 aliphatic carbocycles. The van der Waals surface area contributed by atoms with Gasteiger partial charge in [-0.15, -0.1) is 15.7 Å². The number of piperidine rings is 1. The summed E-state index contributed by atoms with van der Waals surface area (Å²) in [7, 11) is -3.65. The number of sulfonamides is 1. The molecule has 9 heteroatoms. The zero-order valence-corrected chi connectivity index (χ0v) is 16.8. The molecule has 2 fully saturated rings. The zero-order valence-electron chi connectivity index (χ0n) is 15.2. The fourth-order valence-corrected chi connectivity index (χ4v) is 5.84. The van der Waals surface area contributed by atoms with Crippen molar-refractivity contribution in [2.45, 2.75) is 36.5 Å². The van der Waals surface area contributed by atoms with E-state index in [1.807, 2.05) is 16.3 Å². The second kappa shape index (κ2) is 6.66. The Hall–Kier alpha value is -2.26. The first-order valence-electron chi connectivity index (χ1n) is 9.47. The van der Waals surface area contributed by atoms with Crippen molar-refractivity contribution >= 4 is 38.2 Å². The average molecular weight is 417 g/mol. The van der Waals surface area contributed by atoms with Gasteiger partial charge >= 0.3 is 0 Å². The van der Waals surface area contributed by atoms with Crippen molar-refractivity contribution in [1.29, 1.82) is 0 Å². The Morgan fingerprint density at radius 2 is 2.04 bits per heavy atom. The van der Waals surface area contributed by atoms with E-state index >= 15 is 0 Å². The van der Waals surface area contributed by atoms with Crippen molar-refractivity contribution in [3.63, 3.8) is 0 Å². The molecule has 3 aliphatic rings. The van der Waals surface area contributed by atoms with Crippen LogP contribution in [0, 0.1) is 5.92 Å². The summed E-state index contributed by atoms with van der Waals surface area (Å²) in [5, 5.41) is 5.62. The lowest BCUT2D eigenvalue weighted by atomic mass is 9.96. The highest BCUT2D eigenvalue weighted by molar-refractivity contribution is 7.90. The van der Waals surface area contributed by atoms with Crippen LogP contribution < -0.4 is 5.32 Å². The van der Waals surface area contributed by atoms with Crippen LogP contribution in [-0.4, -0.2) is 43.1 Å². The number of anilines is 1. The summed E-state index contributed by atoms with van der Waals surface area (Å²) in [6.45, 7) is 1.14. The Labute approximate surface area is 167 Å². The molecule has 1 aromatic carbocycles. The number of rotatable bonds is 3. The van der Waals surface area contributed by atoms with Gasteiger partial charge < -0.3 is 10.2 Å². The number of fused-ring (bicyclic) bond motifs is 1. The topological polar surface area (TPSA) is 91.7 Å². The third kappa shape index (κ3) is 3.22. The monoisotopic (exact) mass is 416 g/mol. The maximum absolute atomic E-state index is 12.8. The van der Waals surface area contributed by atoms with Gasteiger partial charge in [-0.25, -0.2) is 4.98 Å². The SMILES string of the molecule is O=C(Nc1nc(C2CC2)cs1)C1CCCN(C2=NS(=O)(=O)c3ccccc32)C1. The molecule has 1 saturated carbocycles. The smallest absolute Gasteiger partial charge is 0.285 e. The van der Waals surface area contributed by atoms with Crippen LogP contribution in [0.15, 0.2) is 38.9 Å². The molecule has 146 valence electrons. The summed E-state index contributed by atoms with van der Waals surface area (Å²) in [5.74, 6) is 0.740. The Bertz CT molecular complexity index is 1070. The highest BCUT2D eigenvalue weighted by Gasteiger charge is 2.35. The number of nitrogens with one attached hydrogen (secondary N) is 1. The molecule has 1 N–H and O–H groups in total. The van der Waals surface area contributed by atoms with Gasteiger partial charge in [0, 0.05) is 30.0 Å². The maximum atomic E-state index is 12.8. The molecule has 1 aromatic heterocycles. The lowest BCUT2D eigenvalue weighted by Crippen LogP contribution is -2.43. The highest BCUT2D eigenvalue weighted by atomic mass is 32.2. The van der Waals surface area contributed by atoms with E-state index in [4.69, 9.17) is 0 Å². The van der Waals surface area contributed by atoms with Gasteiger partial charge in [0.2, 0.25) is 5.91 Å². The Kier molecular flexibility index (Phi) is 4.24. The molecule has 0 spiro atoms. The number of amidine groups is 1. The summed E-state index contributed by atoms with van der Waals surface area (Å²) < 4.78 is 28.6. The molecular weight excluding hydrogens is 396 g/mol. The van der Waals surface area contributed by atoms with Gasteiger partial charge in [-0.2, -0.15) is 8.42 Å². The maximum Gasteiger partial charge on any atom is 0.285 e. The van der Waals surface area contributed by atoms with Gasteiger partial charge in [0.1, 0.15) is 4.90 Å². The van der Waals surface area contributed by atoms with E-state index in [0.717, 1.165) is 18.5 Å². The van der Waals surface area contributed by atoms with Crippen LogP contribution in [0.2, 0.25) is 0 Å². The van der Waals surface area contributed by atoms with E-state index < -0.39 is 10.0 Å². The fourth-order valence-electron chi connectivity index (χ4n) is 3.82. The molecule has 0 bridgehead atoms. The molecule has 2 aliphatic heterocycles. The third-order valence-electron chi connectivity index (χ3n) is 5.45. The Balaban J connectivity index is 1.31. The van der Waals surface area contributed by atoms with Crippen LogP contribution in [0.25, 0.3) is 0 Å². The average Bonchev–Trinajstić information content (AvgIpc) is 3.38. The second-order valence-corrected chi connectivity index (χ2v) is 9.94. The standard InChI is InChI=1S/C19H20N4O3S2/c24-18(21-19-20-15(11-27-19)12-7-8-12)13-4-3-9-23(10-13)17-14-5-1-2-6-16(14)28(25,26)22-17/h1-2,5-6,11-13H,3-4,7-10H2,(H,20,21,24). The summed E-state index contributed by atoms with van der Waals surface area (Å²) in [6.07, 6.45) is 3.94. The molecule has 3 heterocycles. The number of hydrogen-bond acceptors (Lipinski definition) is 6. The lowest BCUT2D eigenvalue weighted by molar-refractivity contribution is -0.121. The number of likely N-dealkylation sites (tertiary alicyclic amines) is 1. The molecule has 1 atom stereocenters. The van der Waals surface area contributed by atoms with E-state index in [2.05, 4.69) is 14.7 Å². The van der Waals surface area contributed by atoms with Crippen LogP contribution in [0.1, 0.15) is 42.9 Å². The van der Waals surface area contributed by atoms with Crippen LogP contribution in [0.3, 0.4) is 0 Å². The van der Waals surface area contributed by atoms with Gasteiger partial charge in [0.15, 0.2) is 11.0 Å². The molecule has 1 saturated heterocycles. The molecule has 1 amide bonds. The number of amides is 1. The van der Waals surface area contributed by atoms with Gasteiger partial charge in [0.05, 0.1) is 11.6 Å². The van der Waals surface area contributed by atoms with E-state index in [-0.39, 0.29) is 16.7 Å². The number of benzene rings is 1. The van der Waals surface area contributed by atoms with E-state index in [9.17, 15) is 13.2 Å². The molecule has 2 aromatic rings. The van der Waals surface area contributed by atoms with E-state index in [0.29, 0.717) is 35.5 Å². The molecule has 28 heavy (non-hydrogen) atoms. The minimum absolute atomic E-state index is 0.0591. The second-order valence-electron chi connectivity index (χ2n) is 7.51. The molecule has 5 rings (SSSR count). The van der Waals surface area contributed by atoms with Crippen molar-refractivity contribution < 1.29 is 13.2 Å². The van der Waals surface area contributed by atoms with Crippen LogP contribution in [0.4, 0.5) is 5.13 Å². The minimum Gasteiger partial charge on any atom is -0.355 e. The summed E-state index contributed by atoms with van der Waals surface area (Å²) in [4.78, 5) is 19.5. The van der Waals surface area contributed by atoms with Crippen molar-refractivity contribution in [3.05, 3.63) is 40.9 Å². The van der Waals surface area contributed by atoms with Crippen molar-refractivity contribution in [1.82, 2.24) is 9.88 Å².